The fraction of sp³-hybridized carbons (Fsp3) is 0. The fourth-order valence-electron chi connectivity index (χ4n) is 7.62. The van der Waals surface area contributed by atoms with E-state index in [9.17, 15) is 0 Å². The van der Waals surface area contributed by atoms with Gasteiger partial charge in [-0.2, -0.15) is 0 Å². The maximum atomic E-state index is 6.46. The molecule has 0 saturated heterocycles. The van der Waals surface area contributed by atoms with Crippen molar-refractivity contribution in [2.75, 3.05) is 0 Å². The Bertz CT molecular complexity index is 3100. The minimum atomic E-state index is 0. The normalized spacial score (nSPS) is 11.9. The minimum Gasteiger partial charge on any atom is -0.497 e. The van der Waals surface area contributed by atoms with Gasteiger partial charge in [0.1, 0.15) is 0 Å². The maximum absolute atomic E-state index is 6.46. The standard InChI is InChI=1S/C42H23N5O.Pd/c1-2-8-26(9-3-1)47-37-13-7-5-11-33(37)39-38(47)19-18-32-30-17-15-28(25-35(30)42-44-21-23-46(42)40(32)39)48-27-14-16-29-31-10-4-6-12-36(31)45-22-20-43-41(45)34(29)24-27;/h1-23H;/q-2;+2. The second kappa shape index (κ2) is 10.5. The van der Waals surface area contributed by atoms with Crippen LogP contribution in [0, 0.1) is 12.1 Å². The molecule has 232 valence electrons. The van der Waals surface area contributed by atoms with Crippen LogP contribution in [0.3, 0.4) is 0 Å². The summed E-state index contributed by atoms with van der Waals surface area (Å²) in [6, 6.07) is 47.3. The number of aromatic nitrogens is 5. The molecule has 0 fully saturated rings. The predicted octanol–water partition coefficient (Wildman–Crippen LogP) is 10.1. The van der Waals surface area contributed by atoms with E-state index in [1.54, 1.807) is 0 Å². The first-order valence-electron chi connectivity index (χ1n) is 15.9. The molecule has 0 aliphatic heterocycles. The Morgan fingerprint density at radius 3 is 1.84 bits per heavy atom. The van der Waals surface area contributed by atoms with Gasteiger partial charge in [0.2, 0.25) is 0 Å². The summed E-state index contributed by atoms with van der Waals surface area (Å²) >= 11 is 0. The van der Waals surface area contributed by atoms with Crippen LogP contribution in [0.4, 0.5) is 0 Å². The molecule has 0 spiro atoms. The van der Waals surface area contributed by atoms with Gasteiger partial charge >= 0.3 is 20.4 Å². The first-order valence-corrected chi connectivity index (χ1v) is 15.9. The summed E-state index contributed by atoms with van der Waals surface area (Å²) in [7, 11) is 0. The van der Waals surface area contributed by atoms with E-state index < -0.39 is 0 Å². The Morgan fingerprint density at radius 2 is 1.08 bits per heavy atom. The number of rotatable bonds is 3. The van der Waals surface area contributed by atoms with Crippen molar-refractivity contribution in [2.24, 2.45) is 0 Å². The van der Waals surface area contributed by atoms with Crippen molar-refractivity contribution in [3.63, 3.8) is 0 Å². The van der Waals surface area contributed by atoms with Gasteiger partial charge in [-0.3, -0.25) is 9.97 Å². The van der Waals surface area contributed by atoms with Crippen molar-refractivity contribution in [3.05, 3.63) is 152 Å². The van der Waals surface area contributed by atoms with Gasteiger partial charge in [-0.05, 0) is 41.1 Å². The van der Waals surface area contributed by atoms with E-state index >= 15 is 0 Å². The van der Waals surface area contributed by atoms with Crippen LogP contribution in [0.2, 0.25) is 0 Å². The van der Waals surface area contributed by atoms with E-state index in [2.05, 4.69) is 134 Å². The molecule has 0 atom stereocenters. The van der Waals surface area contributed by atoms with Gasteiger partial charge in [0, 0.05) is 63.8 Å². The Balaban J connectivity index is 0.00000306. The maximum Gasteiger partial charge on any atom is 2.00 e. The zero-order valence-corrected chi connectivity index (χ0v) is 27.3. The molecule has 0 unspecified atom stereocenters. The molecule has 6 aromatic carbocycles. The molecule has 5 aromatic heterocycles. The van der Waals surface area contributed by atoms with Crippen LogP contribution in [-0.4, -0.2) is 23.3 Å². The number of benzene rings is 6. The molecule has 11 aromatic rings. The second-order valence-corrected chi connectivity index (χ2v) is 12.1. The van der Waals surface area contributed by atoms with Gasteiger partial charge in [-0.25, -0.2) is 0 Å². The number of ether oxygens (including phenoxy) is 1. The van der Waals surface area contributed by atoms with Crippen molar-refractivity contribution >= 4 is 76.5 Å². The van der Waals surface area contributed by atoms with Crippen LogP contribution in [0.15, 0.2) is 140 Å². The topological polar surface area (TPSA) is 48.8 Å². The molecule has 7 heteroatoms. The van der Waals surface area contributed by atoms with Gasteiger partial charge < -0.3 is 18.1 Å². The van der Waals surface area contributed by atoms with Crippen LogP contribution in [-0.2, 0) is 20.4 Å². The Kier molecular flexibility index (Phi) is 6.01. The molecule has 0 aliphatic carbocycles. The number of para-hydroxylation sites is 3. The predicted molar refractivity (Wildman–Crippen MR) is 192 cm³/mol. The third kappa shape index (κ3) is 3.92. The molecule has 0 aliphatic rings. The van der Waals surface area contributed by atoms with E-state index in [-0.39, 0.29) is 20.4 Å². The third-order valence-corrected chi connectivity index (χ3v) is 9.60. The number of hydrogen-bond acceptors (Lipinski definition) is 3. The van der Waals surface area contributed by atoms with Crippen molar-refractivity contribution in [1.29, 1.82) is 0 Å². The van der Waals surface area contributed by atoms with Crippen LogP contribution >= 0.6 is 0 Å². The average Bonchev–Trinajstić information content (AvgIpc) is 3.90. The van der Waals surface area contributed by atoms with Crippen molar-refractivity contribution in [1.82, 2.24) is 23.3 Å². The number of hydrogen-bond donors (Lipinski definition) is 0. The van der Waals surface area contributed by atoms with Crippen LogP contribution in [0.5, 0.6) is 11.5 Å². The van der Waals surface area contributed by atoms with Crippen molar-refractivity contribution in [3.8, 4) is 17.2 Å². The molecule has 0 bridgehead atoms. The van der Waals surface area contributed by atoms with E-state index in [4.69, 9.17) is 9.72 Å². The van der Waals surface area contributed by atoms with E-state index in [1.165, 1.54) is 16.3 Å². The Labute approximate surface area is 293 Å². The summed E-state index contributed by atoms with van der Waals surface area (Å²) in [4.78, 5) is 9.50. The summed E-state index contributed by atoms with van der Waals surface area (Å²) < 4.78 is 13.1. The van der Waals surface area contributed by atoms with Gasteiger partial charge in [-0.15, -0.1) is 12.1 Å². The molecule has 0 amide bonds. The number of imidazole rings is 2. The molecular weight excluding hydrogens is 697 g/mol. The van der Waals surface area contributed by atoms with Gasteiger partial charge in [-0.1, -0.05) is 106 Å². The average molecular weight is 720 g/mol. The first kappa shape index (κ1) is 28.1. The van der Waals surface area contributed by atoms with Gasteiger partial charge in [0.25, 0.3) is 0 Å². The molecule has 49 heavy (non-hydrogen) atoms. The summed E-state index contributed by atoms with van der Waals surface area (Å²) in [5.41, 5.74) is 7.37. The molecule has 6 nitrogen and oxygen atoms in total. The minimum absolute atomic E-state index is 0. The fourth-order valence-corrected chi connectivity index (χ4v) is 7.62. The number of fused-ring (bicyclic) bond motifs is 16. The zero-order chi connectivity index (χ0) is 31.3. The van der Waals surface area contributed by atoms with E-state index in [1.807, 2.05) is 36.9 Å². The summed E-state index contributed by atoms with van der Waals surface area (Å²) in [6.45, 7) is 0. The summed E-state index contributed by atoms with van der Waals surface area (Å²) in [5, 5.41) is 8.65. The molecular formula is C42H23N5OPd. The van der Waals surface area contributed by atoms with Crippen LogP contribution in [0.1, 0.15) is 0 Å². The summed E-state index contributed by atoms with van der Waals surface area (Å²) in [5.74, 6) is 1.21. The first-order chi connectivity index (χ1) is 23.8. The summed E-state index contributed by atoms with van der Waals surface area (Å²) in [6.07, 6.45) is 7.72. The van der Waals surface area contributed by atoms with Crippen LogP contribution in [0.25, 0.3) is 82.1 Å². The molecule has 0 N–H and O–H groups in total. The zero-order valence-electron chi connectivity index (χ0n) is 25.7. The van der Waals surface area contributed by atoms with Gasteiger partial charge in [0.15, 0.2) is 0 Å². The van der Waals surface area contributed by atoms with Crippen molar-refractivity contribution in [2.45, 2.75) is 0 Å². The molecule has 11 rings (SSSR count). The molecule has 0 saturated carbocycles. The smallest absolute Gasteiger partial charge is 0.497 e. The number of nitrogens with zero attached hydrogens (tertiary/aromatic N) is 5. The van der Waals surface area contributed by atoms with Crippen molar-refractivity contribution < 1.29 is 25.2 Å². The number of pyridine rings is 2. The Hall–Kier alpha value is -6.00. The second-order valence-electron chi connectivity index (χ2n) is 12.1. The largest absolute Gasteiger partial charge is 2.00 e. The quantitative estimate of drug-likeness (QED) is 0.104. The third-order valence-electron chi connectivity index (χ3n) is 9.60. The molecule has 0 radical (unpaired) electrons. The Morgan fingerprint density at radius 1 is 0.490 bits per heavy atom. The van der Waals surface area contributed by atoms with E-state index in [0.717, 1.165) is 65.8 Å². The SMILES string of the molecule is [Pd+2].[c-]1c(Oc2[c-]c3c(cc2)c2ccc4c(c5ccccc5n4-c4ccccc4)c2n2ccnc32)ccc2c1c1nccn1c1ccccc21. The van der Waals surface area contributed by atoms with Crippen LogP contribution < -0.4 is 4.74 Å². The van der Waals surface area contributed by atoms with E-state index in [0.29, 0.717) is 11.5 Å². The molecule has 5 heterocycles. The monoisotopic (exact) mass is 719 g/mol. The van der Waals surface area contributed by atoms with Gasteiger partial charge in [0.05, 0.1) is 22.3 Å².